The highest BCUT2D eigenvalue weighted by molar-refractivity contribution is 5.42. The van der Waals surface area contributed by atoms with Gasteiger partial charge in [-0.15, -0.1) is 0 Å². The van der Waals surface area contributed by atoms with Gasteiger partial charge in [0, 0.05) is 6.54 Å². The predicted molar refractivity (Wildman–Crippen MR) is 81.0 cm³/mol. The molecule has 0 spiro atoms. The Labute approximate surface area is 117 Å². The van der Waals surface area contributed by atoms with Crippen LogP contribution in [0.15, 0.2) is 12.1 Å². The lowest BCUT2D eigenvalue weighted by atomic mass is 10.1. The van der Waals surface area contributed by atoms with Crippen molar-refractivity contribution in [1.29, 1.82) is 0 Å². The molecule has 106 valence electrons. The first-order valence-electron chi connectivity index (χ1n) is 7.58. The standard InChI is InChI=1S/C17H27NO/c1-13-10-14(2)17(15(3)11-13)19-9-8-18-12-16-6-4-5-7-16/h10-11,16,18H,4-9,12H2,1-3H3. The molecule has 0 atom stereocenters. The Hall–Kier alpha value is -1.02. The molecular weight excluding hydrogens is 234 g/mol. The summed E-state index contributed by atoms with van der Waals surface area (Å²) in [5, 5.41) is 3.52. The van der Waals surface area contributed by atoms with Crippen LogP contribution in [0.25, 0.3) is 0 Å². The summed E-state index contributed by atoms with van der Waals surface area (Å²) in [5.41, 5.74) is 3.79. The molecule has 1 N–H and O–H groups in total. The fourth-order valence-electron chi connectivity index (χ4n) is 3.14. The second-order valence-electron chi connectivity index (χ2n) is 5.93. The van der Waals surface area contributed by atoms with Crippen LogP contribution >= 0.6 is 0 Å². The Morgan fingerprint density at radius 2 is 1.74 bits per heavy atom. The quantitative estimate of drug-likeness (QED) is 0.787. The smallest absolute Gasteiger partial charge is 0.125 e. The van der Waals surface area contributed by atoms with Gasteiger partial charge in [-0.3, -0.25) is 0 Å². The monoisotopic (exact) mass is 261 g/mol. The van der Waals surface area contributed by atoms with Crippen LogP contribution < -0.4 is 10.1 Å². The highest BCUT2D eigenvalue weighted by Gasteiger charge is 2.13. The number of nitrogens with one attached hydrogen (secondary N) is 1. The molecule has 1 aliphatic carbocycles. The van der Waals surface area contributed by atoms with Gasteiger partial charge in [-0.2, -0.15) is 0 Å². The van der Waals surface area contributed by atoms with Crippen LogP contribution in [-0.4, -0.2) is 19.7 Å². The van der Waals surface area contributed by atoms with Crippen molar-refractivity contribution in [3.8, 4) is 5.75 Å². The van der Waals surface area contributed by atoms with Gasteiger partial charge in [0.15, 0.2) is 0 Å². The molecule has 0 unspecified atom stereocenters. The van der Waals surface area contributed by atoms with E-state index in [-0.39, 0.29) is 0 Å². The van der Waals surface area contributed by atoms with E-state index < -0.39 is 0 Å². The molecule has 1 aliphatic rings. The van der Waals surface area contributed by atoms with Crippen LogP contribution in [0.4, 0.5) is 0 Å². The Bertz CT molecular complexity index is 385. The Balaban J connectivity index is 1.70. The van der Waals surface area contributed by atoms with Crippen molar-refractivity contribution in [2.24, 2.45) is 5.92 Å². The van der Waals surface area contributed by atoms with Gasteiger partial charge >= 0.3 is 0 Å². The molecular formula is C17H27NO. The number of ether oxygens (including phenoxy) is 1. The van der Waals surface area contributed by atoms with Crippen molar-refractivity contribution in [2.75, 3.05) is 19.7 Å². The Morgan fingerprint density at radius 3 is 2.37 bits per heavy atom. The van der Waals surface area contributed by atoms with Crippen molar-refractivity contribution < 1.29 is 4.74 Å². The number of hydrogen-bond acceptors (Lipinski definition) is 2. The summed E-state index contributed by atoms with van der Waals surface area (Å²) in [4.78, 5) is 0. The SMILES string of the molecule is Cc1cc(C)c(OCCNCC2CCCC2)c(C)c1. The molecule has 19 heavy (non-hydrogen) atoms. The minimum Gasteiger partial charge on any atom is -0.492 e. The maximum absolute atomic E-state index is 5.92. The highest BCUT2D eigenvalue weighted by Crippen LogP contribution is 2.25. The van der Waals surface area contributed by atoms with Gasteiger partial charge in [-0.05, 0) is 57.2 Å². The van der Waals surface area contributed by atoms with Gasteiger partial charge < -0.3 is 10.1 Å². The largest absolute Gasteiger partial charge is 0.492 e. The van der Waals surface area contributed by atoms with E-state index in [9.17, 15) is 0 Å². The van der Waals surface area contributed by atoms with Gasteiger partial charge in [-0.25, -0.2) is 0 Å². The first-order valence-corrected chi connectivity index (χ1v) is 7.58. The Morgan fingerprint density at radius 1 is 1.11 bits per heavy atom. The molecule has 1 saturated carbocycles. The van der Waals surface area contributed by atoms with Crippen molar-refractivity contribution in [2.45, 2.75) is 46.5 Å². The van der Waals surface area contributed by atoms with Crippen LogP contribution in [0.3, 0.4) is 0 Å². The van der Waals surface area contributed by atoms with Crippen LogP contribution in [0.2, 0.25) is 0 Å². The summed E-state index contributed by atoms with van der Waals surface area (Å²) < 4.78 is 5.92. The van der Waals surface area contributed by atoms with Gasteiger partial charge in [-0.1, -0.05) is 30.5 Å². The van der Waals surface area contributed by atoms with E-state index in [1.807, 2.05) is 0 Å². The fraction of sp³-hybridized carbons (Fsp3) is 0.647. The molecule has 0 saturated heterocycles. The maximum Gasteiger partial charge on any atom is 0.125 e. The third-order valence-corrected chi connectivity index (χ3v) is 4.04. The lowest BCUT2D eigenvalue weighted by Gasteiger charge is -2.14. The zero-order valence-electron chi connectivity index (χ0n) is 12.6. The molecule has 0 radical (unpaired) electrons. The molecule has 0 amide bonds. The zero-order valence-corrected chi connectivity index (χ0v) is 12.6. The molecule has 0 bridgehead atoms. The summed E-state index contributed by atoms with van der Waals surface area (Å²) in [6.07, 6.45) is 5.66. The minimum atomic E-state index is 0.761. The molecule has 2 heteroatoms. The molecule has 0 aromatic heterocycles. The van der Waals surface area contributed by atoms with Crippen molar-refractivity contribution in [3.63, 3.8) is 0 Å². The summed E-state index contributed by atoms with van der Waals surface area (Å²) in [6, 6.07) is 4.38. The lowest BCUT2D eigenvalue weighted by Crippen LogP contribution is -2.26. The second-order valence-corrected chi connectivity index (χ2v) is 5.93. The zero-order chi connectivity index (χ0) is 13.7. The third-order valence-electron chi connectivity index (χ3n) is 4.04. The van der Waals surface area contributed by atoms with Crippen molar-refractivity contribution >= 4 is 0 Å². The third kappa shape index (κ3) is 4.24. The van der Waals surface area contributed by atoms with Gasteiger partial charge in [0.1, 0.15) is 12.4 Å². The van der Waals surface area contributed by atoms with Gasteiger partial charge in [0.05, 0.1) is 0 Å². The molecule has 1 aromatic rings. The minimum absolute atomic E-state index is 0.761. The van der Waals surface area contributed by atoms with Crippen molar-refractivity contribution in [3.05, 3.63) is 28.8 Å². The van der Waals surface area contributed by atoms with Crippen LogP contribution in [0.1, 0.15) is 42.4 Å². The number of benzene rings is 1. The second kappa shape index (κ2) is 6.95. The van der Waals surface area contributed by atoms with E-state index in [4.69, 9.17) is 4.74 Å². The Kier molecular flexibility index (Phi) is 5.26. The summed E-state index contributed by atoms with van der Waals surface area (Å²) >= 11 is 0. The molecule has 1 fully saturated rings. The van der Waals surface area contributed by atoms with E-state index >= 15 is 0 Å². The van der Waals surface area contributed by atoms with Crippen LogP contribution in [0.5, 0.6) is 5.75 Å². The number of aryl methyl sites for hydroxylation is 3. The average molecular weight is 261 g/mol. The average Bonchev–Trinajstić information content (AvgIpc) is 2.84. The van der Waals surface area contributed by atoms with Crippen molar-refractivity contribution in [1.82, 2.24) is 5.32 Å². The lowest BCUT2D eigenvalue weighted by molar-refractivity contribution is 0.305. The highest BCUT2D eigenvalue weighted by atomic mass is 16.5. The molecule has 0 heterocycles. The van der Waals surface area contributed by atoms with Gasteiger partial charge in [0.2, 0.25) is 0 Å². The molecule has 0 aliphatic heterocycles. The number of rotatable bonds is 6. The fourth-order valence-corrected chi connectivity index (χ4v) is 3.14. The summed E-state index contributed by atoms with van der Waals surface area (Å²) in [6.45, 7) is 9.26. The van der Waals surface area contributed by atoms with Gasteiger partial charge in [0.25, 0.3) is 0 Å². The maximum atomic E-state index is 5.92. The summed E-state index contributed by atoms with van der Waals surface area (Å²) in [5.74, 6) is 1.97. The topological polar surface area (TPSA) is 21.3 Å². The van der Waals surface area contributed by atoms with E-state index in [2.05, 4.69) is 38.2 Å². The number of hydrogen-bond donors (Lipinski definition) is 1. The van der Waals surface area contributed by atoms with E-state index in [1.54, 1.807) is 0 Å². The molecule has 2 nitrogen and oxygen atoms in total. The first kappa shape index (κ1) is 14.4. The predicted octanol–water partition coefficient (Wildman–Crippen LogP) is 3.77. The normalized spacial score (nSPS) is 15.9. The van der Waals surface area contributed by atoms with Crippen LogP contribution in [-0.2, 0) is 0 Å². The first-order chi connectivity index (χ1) is 9.16. The summed E-state index contributed by atoms with van der Waals surface area (Å²) in [7, 11) is 0. The van der Waals surface area contributed by atoms with E-state index in [0.717, 1.165) is 31.4 Å². The van der Waals surface area contributed by atoms with E-state index in [1.165, 1.54) is 42.4 Å². The molecule has 2 rings (SSSR count). The van der Waals surface area contributed by atoms with Crippen LogP contribution in [0, 0.1) is 26.7 Å². The van der Waals surface area contributed by atoms with E-state index in [0.29, 0.717) is 0 Å². The molecule has 1 aromatic carbocycles.